The van der Waals surface area contributed by atoms with Crippen molar-refractivity contribution in [1.82, 2.24) is 10.2 Å². The highest BCUT2D eigenvalue weighted by Gasteiger charge is 2.46. The van der Waals surface area contributed by atoms with E-state index in [4.69, 9.17) is 0 Å². The SMILES string of the molecule is CC(c1ccccc1)N1CC2(CCNC2)C1. The minimum Gasteiger partial charge on any atom is -0.316 e. The van der Waals surface area contributed by atoms with Crippen LogP contribution >= 0.6 is 0 Å². The molecule has 1 spiro atoms. The smallest absolute Gasteiger partial charge is 0.0320 e. The van der Waals surface area contributed by atoms with Crippen molar-refractivity contribution in [3.63, 3.8) is 0 Å². The summed E-state index contributed by atoms with van der Waals surface area (Å²) in [6.45, 7) is 7.31. The van der Waals surface area contributed by atoms with Crippen LogP contribution in [0.2, 0.25) is 0 Å². The molecular formula is C14H20N2. The predicted octanol–water partition coefficient (Wildman–Crippen LogP) is 2.04. The number of benzene rings is 1. The quantitative estimate of drug-likeness (QED) is 0.814. The Hall–Kier alpha value is -0.860. The molecule has 0 radical (unpaired) electrons. The highest BCUT2D eigenvalue weighted by Crippen LogP contribution is 2.40. The van der Waals surface area contributed by atoms with Gasteiger partial charge in [-0.05, 0) is 25.5 Å². The Morgan fingerprint density at radius 2 is 2.00 bits per heavy atom. The normalized spacial score (nSPS) is 25.6. The third-order valence-electron chi connectivity index (χ3n) is 4.24. The van der Waals surface area contributed by atoms with Crippen LogP contribution in [0.15, 0.2) is 30.3 Å². The van der Waals surface area contributed by atoms with Crippen LogP contribution in [0.1, 0.15) is 24.9 Å². The molecule has 2 fully saturated rings. The largest absolute Gasteiger partial charge is 0.316 e. The van der Waals surface area contributed by atoms with Crippen molar-refractivity contribution in [2.75, 3.05) is 26.2 Å². The molecule has 1 unspecified atom stereocenters. The number of hydrogen-bond acceptors (Lipinski definition) is 2. The van der Waals surface area contributed by atoms with Gasteiger partial charge in [-0.25, -0.2) is 0 Å². The van der Waals surface area contributed by atoms with E-state index < -0.39 is 0 Å². The Labute approximate surface area is 97.6 Å². The van der Waals surface area contributed by atoms with Crippen LogP contribution in [0.4, 0.5) is 0 Å². The minimum absolute atomic E-state index is 0.576. The van der Waals surface area contributed by atoms with E-state index in [1.54, 1.807) is 0 Å². The lowest BCUT2D eigenvalue weighted by atomic mass is 9.78. The van der Waals surface area contributed by atoms with Crippen molar-refractivity contribution < 1.29 is 0 Å². The molecule has 2 saturated heterocycles. The van der Waals surface area contributed by atoms with Crippen LogP contribution in [-0.4, -0.2) is 31.1 Å². The van der Waals surface area contributed by atoms with E-state index in [9.17, 15) is 0 Å². The number of nitrogens with zero attached hydrogens (tertiary/aromatic N) is 1. The second-order valence-electron chi connectivity index (χ2n) is 5.42. The molecule has 2 heterocycles. The first-order valence-electron chi connectivity index (χ1n) is 6.29. The molecule has 2 heteroatoms. The first-order chi connectivity index (χ1) is 7.79. The van der Waals surface area contributed by atoms with Gasteiger partial charge in [0.2, 0.25) is 0 Å². The van der Waals surface area contributed by atoms with Crippen LogP contribution in [0.3, 0.4) is 0 Å². The summed E-state index contributed by atoms with van der Waals surface area (Å²) >= 11 is 0. The molecule has 0 saturated carbocycles. The molecular weight excluding hydrogens is 196 g/mol. The van der Waals surface area contributed by atoms with Gasteiger partial charge in [-0.15, -0.1) is 0 Å². The van der Waals surface area contributed by atoms with Crippen LogP contribution in [0, 0.1) is 5.41 Å². The molecule has 16 heavy (non-hydrogen) atoms. The Bertz CT molecular complexity index is 346. The summed E-state index contributed by atoms with van der Waals surface area (Å²) in [6, 6.07) is 11.4. The van der Waals surface area contributed by atoms with Crippen LogP contribution in [-0.2, 0) is 0 Å². The molecule has 1 atom stereocenters. The van der Waals surface area contributed by atoms with E-state index in [0.717, 1.165) is 0 Å². The van der Waals surface area contributed by atoms with Crippen molar-refractivity contribution in [1.29, 1.82) is 0 Å². The van der Waals surface area contributed by atoms with E-state index in [1.807, 2.05) is 0 Å². The summed E-state index contributed by atoms with van der Waals surface area (Å²) in [5.41, 5.74) is 2.06. The monoisotopic (exact) mass is 216 g/mol. The number of rotatable bonds is 2. The fourth-order valence-electron chi connectivity index (χ4n) is 3.10. The first kappa shape index (κ1) is 10.3. The summed E-state index contributed by atoms with van der Waals surface area (Å²) in [5, 5.41) is 3.49. The number of nitrogens with one attached hydrogen (secondary N) is 1. The maximum atomic E-state index is 3.49. The Morgan fingerprint density at radius 3 is 2.62 bits per heavy atom. The Balaban J connectivity index is 1.64. The zero-order valence-electron chi connectivity index (χ0n) is 9.95. The molecule has 86 valence electrons. The van der Waals surface area contributed by atoms with Gasteiger partial charge >= 0.3 is 0 Å². The third-order valence-corrected chi connectivity index (χ3v) is 4.24. The highest BCUT2D eigenvalue weighted by atomic mass is 15.2. The van der Waals surface area contributed by atoms with Gasteiger partial charge in [0.05, 0.1) is 0 Å². The van der Waals surface area contributed by atoms with Crippen molar-refractivity contribution in [2.45, 2.75) is 19.4 Å². The summed E-state index contributed by atoms with van der Waals surface area (Å²) in [7, 11) is 0. The first-order valence-corrected chi connectivity index (χ1v) is 6.29. The Kier molecular flexibility index (Phi) is 2.49. The topological polar surface area (TPSA) is 15.3 Å². The standard InChI is InChI=1S/C14H20N2/c1-12(13-5-3-2-4-6-13)16-10-14(11-16)7-8-15-9-14/h2-6,12,15H,7-11H2,1H3. The van der Waals surface area contributed by atoms with Gasteiger partial charge in [0, 0.05) is 31.1 Å². The highest BCUT2D eigenvalue weighted by molar-refractivity contribution is 5.19. The summed E-state index contributed by atoms with van der Waals surface area (Å²) < 4.78 is 0. The van der Waals surface area contributed by atoms with E-state index in [0.29, 0.717) is 11.5 Å². The fourth-order valence-corrected chi connectivity index (χ4v) is 3.10. The van der Waals surface area contributed by atoms with Crippen LogP contribution in [0.25, 0.3) is 0 Å². The molecule has 3 rings (SSSR count). The summed E-state index contributed by atoms with van der Waals surface area (Å²) in [5.74, 6) is 0. The van der Waals surface area contributed by atoms with E-state index >= 15 is 0 Å². The molecule has 2 aliphatic heterocycles. The van der Waals surface area contributed by atoms with Gasteiger partial charge in [-0.1, -0.05) is 30.3 Å². The fraction of sp³-hybridized carbons (Fsp3) is 0.571. The predicted molar refractivity (Wildman–Crippen MR) is 66.3 cm³/mol. The lowest BCUT2D eigenvalue weighted by Crippen LogP contribution is -2.57. The van der Waals surface area contributed by atoms with E-state index in [2.05, 4.69) is 47.5 Å². The van der Waals surface area contributed by atoms with Gasteiger partial charge in [0.1, 0.15) is 0 Å². The third kappa shape index (κ3) is 1.66. The minimum atomic E-state index is 0.576. The zero-order valence-corrected chi connectivity index (χ0v) is 9.95. The molecule has 1 aromatic rings. The summed E-state index contributed by atoms with van der Waals surface area (Å²) in [6.07, 6.45) is 1.37. The van der Waals surface area contributed by atoms with Crippen molar-refractivity contribution in [3.8, 4) is 0 Å². The zero-order chi connectivity index (χ0) is 11.0. The molecule has 1 aromatic carbocycles. The second kappa shape index (κ2) is 3.86. The van der Waals surface area contributed by atoms with Crippen molar-refractivity contribution in [3.05, 3.63) is 35.9 Å². The van der Waals surface area contributed by atoms with Gasteiger partial charge in [0.25, 0.3) is 0 Å². The van der Waals surface area contributed by atoms with Crippen molar-refractivity contribution >= 4 is 0 Å². The van der Waals surface area contributed by atoms with Gasteiger partial charge in [0.15, 0.2) is 0 Å². The molecule has 0 bridgehead atoms. The molecule has 2 aliphatic rings. The van der Waals surface area contributed by atoms with Gasteiger partial charge in [-0.2, -0.15) is 0 Å². The van der Waals surface area contributed by atoms with E-state index in [1.165, 1.54) is 38.2 Å². The molecule has 0 aliphatic carbocycles. The summed E-state index contributed by atoms with van der Waals surface area (Å²) in [4.78, 5) is 2.60. The van der Waals surface area contributed by atoms with Crippen molar-refractivity contribution in [2.24, 2.45) is 5.41 Å². The lowest BCUT2D eigenvalue weighted by Gasteiger charge is -2.50. The van der Waals surface area contributed by atoms with Gasteiger partial charge in [-0.3, -0.25) is 4.90 Å². The number of hydrogen-bond donors (Lipinski definition) is 1. The molecule has 0 aromatic heterocycles. The molecule has 1 N–H and O–H groups in total. The lowest BCUT2D eigenvalue weighted by molar-refractivity contribution is -0.0132. The average molecular weight is 216 g/mol. The molecule has 0 amide bonds. The molecule has 2 nitrogen and oxygen atoms in total. The van der Waals surface area contributed by atoms with Crippen LogP contribution in [0.5, 0.6) is 0 Å². The maximum Gasteiger partial charge on any atom is 0.0320 e. The van der Waals surface area contributed by atoms with E-state index in [-0.39, 0.29) is 0 Å². The van der Waals surface area contributed by atoms with Gasteiger partial charge < -0.3 is 5.32 Å². The maximum absolute atomic E-state index is 3.49. The Morgan fingerprint density at radius 1 is 1.25 bits per heavy atom. The second-order valence-corrected chi connectivity index (χ2v) is 5.42. The van der Waals surface area contributed by atoms with Crippen LogP contribution < -0.4 is 5.32 Å². The average Bonchev–Trinajstić information content (AvgIpc) is 2.76. The number of likely N-dealkylation sites (tertiary alicyclic amines) is 1.